The third-order valence-corrected chi connectivity index (χ3v) is 7.76. The quantitative estimate of drug-likeness (QED) is 0.193. The molecule has 9 nitrogen and oxygen atoms in total. The Bertz CT molecular complexity index is 1900. The third-order valence-electron chi connectivity index (χ3n) is 6.67. The second-order valence-electron chi connectivity index (χ2n) is 9.18. The largest absolute Gasteiger partial charge is 0.448 e. The summed E-state index contributed by atoms with van der Waals surface area (Å²) in [6.45, 7) is -0.0387. The lowest BCUT2D eigenvalue weighted by atomic mass is 9.98. The predicted molar refractivity (Wildman–Crippen MR) is 153 cm³/mol. The number of carbonyl (C=O) groups is 1. The van der Waals surface area contributed by atoms with Crippen LogP contribution in [0, 0.1) is 0 Å². The van der Waals surface area contributed by atoms with Crippen LogP contribution in [-0.2, 0) is 14.9 Å². The van der Waals surface area contributed by atoms with Crippen LogP contribution in [0.15, 0.2) is 96.2 Å². The summed E-state index contributed by atoms with van der Waals surface area (Å²) in [7, 11) is -4.39. The van der Waals surface area contributed by atoms with Crippen molar-refractivity contribution >= 4 is 55.9 Å². The zero-order chi connectivity index (χ0) is 27.9. The number of nitrogens with zero attached hydrogens (tertiary/aromatic N) is 2. The standard InChI is InChI=1S/C29H21ClN4O5S/c30-17-4-3-5-18(12-17)33-28-25-13-19(8-11-27(25)31-16-32-28)34-29(35)39-15-26-22-7-2-1-6-21(22)23-10-9-20(14-24(23)26)40(36,37)38/h1-14,16,26H,15H2,(H,34,35)(H,31,32,33)(H,36,37,38). The monoisotopic (exact) mass is 572 g/mol. The minimum absolute atomic E-state index is 0.0387. The lowest BCUT2D eigenvalue weighted by Crippen LogP contribution is -2.18. The molecule has 4 aromatic carbocycles. The highest BCUT2D eigenvalue weighted by atomic mass is 35.5. The number of aromatic nitrogens is 2. The first kappa shape index (κ1) is 25.8. The summed E-state index contributed by atoms with van der Waals surface area (Å²) in [5.74, 6) is 0.134. The lowest BCUT2D eigenvalue weighted by Gasteiger charge is -2.15. The second kappa shape index (κ2) is 10.2. The SMILES string of the molecule is O=C(Nc1ccc2ncnc(Nc3cccc(Cl)c3)c2c1)OCC1c2ccccc2-c2ccc(S(=O)(=O)O)cc21. The van der Waals surface area contributed by atoms with Gasteiger partial charge in [-0.2, -0.15) is 8.42 Å². The number of amides is 1. The van der Waals surface area contributed by atoms with Gasteiger partial charge in [0, 0.05) is 27.7 Å². The molecule has 11 heteroatoms. The van der Waals surface area contributed by atoms with E-state index in [1.807, 2.05) is 36.4 Å². The molecule has 1 aliphatic carbocycles. The molecule has 3 N–H and O–H groups in total. The molecule has 0 radical (unpaired) electrons. The Morgan fingerprint density at radius 3 is 2.55 bits per heavy atom. The number of anilines is 3. The number of fused-ring (bicyclic) bond motifs is 4. The van der Waals surface area contributed by atoms with E-state index in [2.05, 4.69) is 20.6 Å². The number of hydrogen-bond acceptors (Lipinski definition) is 7. The van der Waals surface area contributed by atoms with Crippen LogP contribution in [0.25, 0.3) is 22.0 Å². The topological polar surface area (TPSA) is 131 Å². The van der Waals surface area contributed by atoms with E-state index in [0.29, 0.717) is 33.0 Å². The predicted octanol–water partition coefficient (Wildman–Crippen LogP) is 6.63. The average Bonchev–Trinajstić information content (AvgIpc) is 3.25. The molecule has 0 bridgehead atoms. The number of rotatable bonds is 6. The van der Waals surface area contributed by atoms with Crippen molar-refractivity contribution in [3.05, 3.63) is 107 Å². The van der Waals surface area contributed by atoms with Gasteiger partial charge in [0.15, 0.2) is 0 Å². The molecule has 0 saturated heterocycles. The van der Waals surface area contributed by atoms with Gasteiger partial charge in [-0.05, 0) is 70.8 Å². The minimum atomic E-state index is -4.39. The average molecular weight is 573 g/mol. The van der Waals surface area contributed by atoms with Crippen LogP contribution in [0.5, 0.6) is 0 Å². The molecule has 1 amide bonds. The van der Waals surface area contributed by atoms with Gasteiger partial charge < -0.3 is 10.1 Å². The van der Waals surface area contributed by atoms with Crippen molar-refractivity contribution in [1.29, 1.82) is 0 Å². The molecule has 1 aliphatic rings. The van der Waals surface area contributed by atoms with Gasteiger partial charge in [0.25, 0.3) is 10.1 Å². The van der Waals surface area contributed by atoms with Crippen molar-refractivity contribution in [3.63, 3.8) is 0 Å². The van der Waals surface area contributed by atoms with E-state index in [4.69, 9.17) is 16.3 Å². The third kappa shape index (κ3) is 5.07. The fourth-order valence-corrected chi connectivity index (χ4v) is 5.58. The summed E-state index contributed by atoms with van der Waals surface area (Å²) >= 11 is 6.10. The number of hydrogen-bond donors (Lipinski definition) is 3. The summed E-state index contributed by atoms with van der Waals surface area (Å²) in [6, 6.07) is 24.5. The number of halogens is 1. The Labute approximate surface area is 234 Å². The molecular formula is C29H21ClN4O5S. The van der Waals surface area contributed by atoms with Crippen molar-refractivity contribution in [3.8, 4) is 11.1 Å². The van der Waals surface area contributed by atoms with Crippen LogP contribution in [0.2, 0.25) is 5.02 Å². The molecule has 1 aromatic heterocycles. The summed E-state index contributed by atoms with van der Waals surface area (Å²) < 4.78 is 38.7. The van der Waals surface area contributed by atoms with Gasteiger partial charge in [-0.3, -0.25) is 9.87 Å². The fourth-order valence-electron chi connectivity index (χ4n) is 4.88. The number of benzene rings is 4. The highest BCUT2D eigenvalue weighted by molar-refractivity contribution is 7.85. The van der Waals surface area contributed by atoms with Crippen molar-refractivity contribution in [2.45, 2.75) is 10.8 Å². The Balaban J connectivity index is 1.22. The van der Waals surface area contributed by atoms with Crippen LogP contribution in [0.3, 0.4) is 0 Å². The molecule has 0 saturated carbocycles. The molecule has 5 aromatic rings. The smallest absolute Gasteiger partial charge is 0.411 e. The zero-order valence-electron chi connectivity index (χ0n) is 20.7. The van der Waals surface area contributed by atoms with Gasteiger partial charge >= 0.3 is 6.09 Å². The van der Waals surface area contributed by atoms with Crippen LogP contribution in [0.1, 0.15) is 17.0 Å². The van der Waals surface area contributed by atoms with Crippen molar-refractivity contribution in [1.82, 2.24) is 9.97 Å². The maximum atomic E-state index is 12.8. The first-order chi connectivity index (χ1) is 19.3. The molecule has 6 rings (SSSR count). The highest BCUT2D eigenvalue weighted by Gasteiger charge is 2.31. The maximum absolute atomic E-state index is 12.8. The normalized spacial score (nSPS) is 13.9. The van der Waals surface area contributed by atoms with Crippen molar-refractivity contribution < 1.29 is 22.5 Å². The van der Waals surface area contributed by atoms with Crippen LogP contribution < -0.4 is 10.6 Å². The van der Waals surface area contributed by atoms with Gasteiger partial charge in [-0.15, -0.1) is 0 Å². The molecule has 0 spiro atoms. The molecular weight excluding hydrogens is 552 g/mol. The summed E-state index contributed by atoms with van der Waals surface area (Å²) in [5, 5.41) is 7.22. The van der Waals surface area contributed by atoms with Gasteiger partial charge in [0.2, 0.25) is 0 Å². The Morgan fingerprint density at radius 1 is 0.900 bits per heavy atom. The molecule has 0 fully saturated rings. The number of nitrogens with one attached hydrogen (secondary N) is 2. The van der Waals surface area contributed by atoms with Gasteiger partial charge in [0.05, 0.1) is 10.4 Å². The zero-order valence-corrected chi connectivity index (χ0v) is 22.3. The first-order valence-corrected chi connectivity index (χ1v) is 14.0. The summed E-state index contributed by atoms with van der Waals surface area (Å²) in [4.78, 5) is 21.3. The molecule has 0 aliphatic heterocycles. The van der Waals surface area contributed by atoms with E-state index in [0.717, 1.165) is 22.4 Å². The molecule has 40 heavy (non-hydrogen) atoms. The number of carbonyl (C=O) groups excluding carboxylic acids is 1. The first-order valence-electron chi connectivity index (χ1n) is 12.2. The minimum Gasteiger partial charge on any atom is -0.448 e. The van der Waals surface area contributed by atoms with Gasteiger partial charge in [-0.1, -0.05) is 48.0 Å². The molecule has 1 atom stereocenters. The molecule has 1 unspecified atom stereocenters. The van der Waals surface area contributed by atoms with E-state index in [9.17, 15) is 17.8 Å². The van der Waals surface area contributed by atoms with Crippen LogP contribution >= 0.6 is 11.6 Å². The van der Waals surface area contributed by atoms with E-state index in [1.165, 1.54) is 18.5 Å². The van der Waals surface area contributed by atoms with Crippen molar-refractivity contribution in [2.75, 3.05) is 17.2 Å². The van der Waals surface area contributed by atoms with Crippen LogP contribution in [0.4, 0.5) is 22.0 Å². The Kier molecular flexibility index (Phi) is 6.59. The fraction of sp³-hybridized carbons (Fsp3) is 0.0690. The lowest BCUT2D eigenvalue weighted by molar-refractivity contribution is 0.158. The Hall–Kier alpha value is -4.51. The van der Waals surface area contributed by atoms with Crippen molar-refractivity contribution in [2.24, 2.45) is 0 Å². The Morgan fingerprint density at radius 2 is 1.73 bits per heavy atom. The van der Waals surface area contributed by atoms with E-state index in [-0.39, 0.29) is 11.5 Å². The van der Waals surface area contributed by atoms with E-state index < -0.39 is 22.1 Å². The van der Waals surface area contributed by atoms with Crippen LogP contribution in [-0.4, -0.2) is 35.6 Å². The summed E-state index contributed by atoms with van der Waals surface area (Å²) in [5.41, 5.74) is 5.20. The van der Waals surface area contributed by atoms with E-state index >= 15 is 0 Å². The molecule has 200 valence electrons. The van der Waals surface area contributed by atoms with Gasteiger partial charge in [-0.25, -0.2) is 14.8 Å². The second-order valence-corrected chi connectivity index (χ2v) is 11.0. The van der Waals surface area contributed by atoms with Gasteiger partial charge in [0.1, 0.15) is 18.8 Å². The number of ether oxygens (including phenoxy) is 1. The van der Waals surface area contributed by atoms with E-state index in [1.54, 1.807) is 36.4 Å². The highest BCUT2D eigenvalue weighted by Crippen LogP contribution is 2.45. The summed E-state index contributed by atoms with van der Waals surface area (Å²) in [6.07, 6.45) is 0.763. The maximum Gasteiger partial charge on any atom is 0.411 e. The molecule has 1 heterocycles.